The molecule has 1 atom stereocenters. The Labute approximate surface area is 126 Å². The van der Waals surface area contributed by atoms with E-state index in [0.29, 0.717) is 16.1 Å². The van der Waals surface area contributed by atoms with E-state index in [9.17, 15) is 13.9 Å². The number of aliphatic hydroxyl groups is 1. The van der Waals surface area contributed by atoms with E-state index in [2.05, 4.69) is 4.74 Å². The molecule has 0 spiro atoms. The summed E-state index contributed by atoms with van der Waals surface area (Å²) in [4.78, 5) is 0. The molecular weight excluding hydrogens is 298 g/mol. The number of hydrogen-bond donors (Lipinski definition) is 1. The lowest BCUT2D eigenvalue weighted by atomic mass is 9.95. The van der Waals surface area contributed by atoms with Crippen LogP contribution in [0.3, 0.4) is 0 Å². The van der Waals surface area contributed by atoms with Gasteiger partial charge in [0.25, 0.3) is 0 Å². The molecule has 0 saturated carbocycles. The van der Waals surface area contributed by atoms with Crippen molar-refractivity contribution in [2.24, 2.45) is 0 Å². The van der Waals surface area contributed by atoms with Crippen molar-refractivity contribution >= 4 is 11.6 Å². The molecule has 0 aliphatic heterocycles. The predicted octanol–water partition coefficient (Wildman–Crippen LogP) is 4.64. The van der Waals surface area contributed by atoms with Crippen LogP contribution in [0.15, 0.2) is 36.4 Å². The molecule has 5 heteroatoms. The first-order valence-corrected chi connectivity index (χ1v) is 6.76. The van der Waals surface area contributed by atoms with Crippen molar-refractivity contribution < 1.29 is 18.6 Å². The van der Waals surface area contributed by atoms with E-state index in [1.807, 2.05) is 6.92 Å². The number of ether oxygens (including phenoxy) is 1. The third-order valence-electron chi connectivity index (χ3n) is 3.27. The number of para-hydroxylation sites is 1. The third-order valence-corrected chi connectivity index (χ3v) is 3.68. The van der Waals surface area contributed by atoms with E-state index >= 15 is 0 Å². The third kappa shape index (κ3) is 3.52. The molecule has 112 valence electrons. The first-order valence-electron chi connectivity index (χ1n) is 6.38. The number of aryl methyl sites for hydroxylation is 2. The first kappa shape index (κ1) is 15.7. The van der Waals surface area contributed by atoms with Crippen molar-refractivity contribution in [3.05, 3.63) is 63.7 Å². The van der Waals surface area contributed by atoms with E-state index in [4.69, 9.17) is 11.6 Å². The average molecular weight is 313 g/mol. The highest BCUT2D eigenvalue weighted by molar-refractivity contribution is 6.31. The summed E-state index contributed by atoms with van der Waals surface area (Å²) in [6, 6.07) is 9.70. The molecule has 2 aromatic carbocycles. The predicted molar refractivity (Wildman–Crippen MR) is 78.1 cm³/mol. The van der Waals surface area contributed by atoms with Gasteiger partial charge in [-0.25, -0.2) is 0 Å². The molecular formula is C16H15ClF2O2. The Kier molecular flexibility index (Phi) is 4.80. The summed E-state index contributed by atoms with van der Waals surface area (Å²) in [6.45, 7) is 0.686. The molecule has 0 aliphatic rings. The fourth-order valence-electron chi connectivity index (χ4n) is 2.18. The normalized spacial score (nSPS) is 12.5. The second-order valence-corrected chi connectivity index (χ2v) is 5.18. The van der Waals surface area contributed by atoms with Gasteiger partial charge in [-0.2, -0.15) is 8.78 Å². The van der Waals surface area contributed by atoms with E-state index < -0.39 is 12.7 Å². The van der Waals surface area contributed by atoms with Crippen LogP contribution in [0.1, 0.15) is 28.4 Å². The summed E-state index contributed by atoms with van der Waals surface area (Å²) in [7, 11) is 0. The highest BCUT2D eigenvalue weighted by Crippen LogP contribution is 2.34. The minimum absolute atomic E-state index is 0.0352. The maximum Gasteiger partial charge on any atom is 0.387 e. The Morgan fingerprint density at radius 1 is 1.05 bits per heavy atom. The number of halogens is 3. The Balaban J connectivity index is 2.45. The molecule has 0 aromatic heterocycles. The fraction of sp³-hybridized carbons (Fsp3) is 0.250. The van der Waals surface area contributed by atoms with Crippen LogP contribution in [0.5, 0.6) is 5.75 Å². The first-order chi connectivity index (χ1) is 9.90. The molecule has 0 saturated heterocycles. The lowest BCUT2D eigenvalue weighted by Gasteiger charge is -2.18. The van der Waals surface area contributed by atoms with Crippen LogP contribution >= 0.6 is 11.6 Å². The zero-order valence-electron chi connectivity index (χ0n) is 11.6. The van der Waals surface area contributed by atoms with Crippen LogP contribution in [0.25, 0.3) is 0 Å². The van der Waals surface area contributed by atoms with Crippen molar-refractivity contribution in [3.63, 3.8) is 0 Å². The highest BCUT2D eigenvalue weighted by Gasteiger charge is 2.19. The van der Waals surface area contributed by atoms with Crippen LogP contribution in [0.2, 0.25) is 5.02 Å². The van der Waals surface area contributed by atoms with Gasteiger partial charge in [-0.3, -0.25) is 0 Å². The number of alkyl halides is 2. The smallest absolute Gasteiger partial charge is 0.387 e. The van der Waals surface area contributed by atoms with Gasteiger partial charge in [0.05, 0.1) is 0 Å². The minimum atomic E-state index is -2.94. The SMILES string of the molecule is Cc1cc(C(O)c2ccccc2OC(F)F)c(C)cc1Cl. The van der Waals surface area contributed by atoms with Gasteiger partial charge in [-0.1, -0.05) is 35.9 Å². The Morgan fingerprint density at radius 2 is 1.71 bits per heavy atom. The molecule has 0 aliphatic carbocycles. The van der Waals surface area contributed by atoms with E-state index in [1.165, 1.54) is 6.07 Å². The van der Waals surface area contributed by atoms with Crippen LogP contribution in [-0.4, -0.2) is 11.7 Å². The Bertz CT molecular complexity index is 644. The molecule has 0 fully saturated rings. The second kappa shape index (κ2) is 6.41. The largest absolute Gasteiger partial charge is 0.434 e. The maximum atomic E-state index is 12.4. The highest BCUT2D eigenvalue weighted by atomic mass is 35.5. The fourth-order valence-corrected chi connectivity index (χ4v) is 2.39. The molecule has 2 aromatic rings. The summed E-state index contributed by atoms with van der Waals surface area (Å²) in [5.74, 6) is -0.0352. The summed E-state index contributed by atoms with van der Waals surface area (Å²) in [6.07, 6.45) is -1.06. The maximum absolute atomic E-state index is 12.4. The van der Waals surface area contributed by atoms with E-state index in [0.717, 1.165) is 11.1 Å². The van der Waals surface area contributed by atoms with Gasteiger partial charge in [0, 0.05) is 10.6 Å². The number of aliphatic hydroxyl groups excluding tert-OH is 1. The number of benzene rings is 2. The topological polar surface area (TPSA) is 29.5 Å². The monoisotopic (exact) mass is 312 g/mol. The van der Waals surface area contributed by atoms with Gasteiger partial charge in [0.1, 0.15) is 11.9 Å². The molecule has 0 heterocycles. The van der Waals surface area contributed by atoms with Gasteiger partial charge in [0.15, 0.2) is 0 Å². The molecule has 0 radical (unpaired) electrons. The molecule has 2 nitrogen and oxygen atoms in total. The van der Waals surface area contributed by atoms with Gasteiger partial charge in [0.2, 0.25) is 0 Å². The standard InChI is InChI=1S/C16H15ClF2O2/c1-9-8-13(17)10(2)7-12(9)15(20)11-5-3-4-6-14(11)21-16(18)19/h3-8,15-16,20H,1-2H3. The molecule has 21 heavy (non-hydrogen) atoms. The average Bonchev–Trinajstić information content (AvgIpc) is 2.42. The van der Waals surface area contributed by atoms with Crippen molar-refractivity contribution in [3.8, 4) is 5.75 Å². The van der Waals surface area contributed by atoms with Gasteiger partial charge in [-0.05, 0) is 42.7 Å². The summed E-state index contributed by atoms with van der Waals surface area (Å²) >= 11 is 6.03. The summed E-state index contributed by atoms with van der Waals surface area (Å²) in [5.41, 5.74) is 2.50. The molecule has 1 unspecified atom stereocenters. The van der Waals surface area contributed by atoms with Crippen molar-refractivity contribution in [1.82, 2.24) is 0 Å². The Morgan fingerprint density at radius 3 is 2.38 bits per heavy atom. The van der Waals surface area contributed by atoms with Crippen LogP contribution in [0, 0.1) is 13.8 Å². The van der Waals surface area contributed by atoms with Crippen LogP contribution in [-0.2, 0) is 0 Å². The van der Waals surface area contributed by atoms with Crippen molar-refractivity contribution in [2.45, 2.75) is 26.6 Å². The number of rotatable bonds is 4. The van der Waals surface area contributed by atoms with Crippen molar-refractivity contribution in [2.75, 3.05) is 0 Å². The molecule has 2 rings (SSSR count). The minimum Gasteiger partial charge on any atom is -0.434 e. The van der Waals surface area contributed by atoms with Crippen molar-refractivity contribution in [1.29, 1.82) is 0 Å². The quantitative estimate of drug-likeness (QED) is 0.891. The van der Waals surface area contributed by atoms with Gasteiger partial charge >= 0.3 is 6.61 Å². The number of hydrogen-bond acceptors (Lipinski definition) is 2. The van der Waals surface area contributed by atoms with Crippen LogP contribution in [0.4, 0.5) is 8.78 Å². The molecule has 1 N–H and O–H groups in total. The Hall–Kier alpha value is -1.65. The summed E-state index contributed by atoms with van der Waals surface area (Å²) in [5, 5.41) is 11.1. The lowest BCUT2D eigenvalue weighted by molar-refractivity contribution is -0.0512. The lowest BCUT2D eigenvalue weighted by Crippen LogP contribution is -2.09. The van der Waals surface area contributed by atoms with E-state index in [-0.39, 0.29) is 5.75 Å². The summed E-state index contributed by atoms with van der Waals surface area (Å²) < 4.78 is 29.3. The zero-order valence-corrected chi connectivity index (χ0v) is 12.4. The van der Waals surface area contributed by atoms with Gasteiger partial charge < -0.3 is 9.84 Å². The second-order valence-electron chi connectivity index (χ2n) is 4.78. The molecule has 0 amide bonds. The van der Waals surface area contributed by atoms with Gasteiger partial charge in [-0.15, -0.1) is 0 Å². The van der Waals surface area contributed by atoms with Crippen LogP contribution < -0.4 is 4.74 Å². The zero-order chi connectivity index (χ0) is 15.6. The molecule has 0 bridgehead atoms. The van der Waals surface area contributed by atoms with E-state index in [1.54, 1.807) is 37.3 Å².